The number of carbonyl (C=O) groups excluding carboxylic acids is 1. The molecule has 1 unspecified atom stereocenters. The third-order valence-electron chi connectivity index (χ3n) is 3.73. The van der Waals surface area contributed by atoms with Crippen molar-refractivity contribution in [3.63, 3.8) is 0 Å². The van der Waals surface area contributed by atoms with Gasteiger partial charge < -0.3 is 15.7 Å². The molecule has 3 N–H and O–H groups in total. The Bertz CT molecular complexity index is 248. The maximum atomic E-state index is 11.7. The first-order chi connectivity index (χ1) is 8.53. The number of piperidine rings is 1. The highest BCUT2D eigenvalue weighted by Gasteiger charge is 2.19. The van der Waals surface area contributed by atoms with Crippen molar-refractivity contribution in [1.29, 1.82) is 0 Å². The third kappa shape index (κ3) is 6.36. The van der Waals surface area contributed by atoms with Gasteiger partial charge in [-0.3, -0.25) is 4.79 Å². The van der Waals surface area contributed by atoms with Gasteiger partial charge in [-0.1, -0.05) is 13.8 Å². The van der Waals surface area contributed by atoms with Gasteiger partial charge >= 0.3 is 0 Å². The summed E-state index contributed by atoms with van der Waals surface area (Å²) in [5.41, 5.74) is -0.0171. The molecule has 0 radical (unpaired) electrons. The minimum Gasteiger partial charge on any atom is -0.396 e. The van der Waals surface area contributed by atoms with Crippen LogP contribution in [-0.2, 0) is 4.79 Å². The van der Waals surface area contributed by atoms with Gasteiger partial charge in [0.1, 0.15) is 0 Å². The Morgan fingerprint density at radius 2 is 2.28 bits per heavy atom. The first-order valence-electron chi connectivity index (χ1n) is 7.12. The van der Waals surface area contributed by atoms with Crippen LogP contribution in [0.5, 0.6) is 0 Å². The fourth-order valence-electron chi connectivity index (χ4n) is 2.32. The Hall–Kier alpha value is -0.610. The molecule has 1 rings (SSSR count). The average molecular weight is 256 g/mol. The largest absolute Gasteiger partial charge is 0.396 e. The van der Waals surface area contributed by atoms with Crippen molar-refractivity contribution in [2.45, 2.75) is 46.0 Å². The number of nitrogens with one attached hydrogen (secondary N) is 2. The van der Waals surface area contributed by atoms with Gasteiger partial charge in [0.15, 0.2) is 0 Å². The molecule has 0 spiro atoms. The molecular weight excluding hydrogens is 228 g/mol. The van der Waals surface area contributed by atoms with E-state index in [1.54, 1.807) is 0 Å². The van der Waals surface area contributed by atoms with Gasteiger partial charge in [0.05, 0.1) is 0 Å². The van der Waals surface area contributed by atoms with E-state index < -0.39 is 0 Å². The monoisotopic (exact) mass is 256 g/mol. The molecular formula is C14H28N2O2. The zero-order chi connectivity index (χ0) is 13.4. The lowest BCUT2D eigenvalue weighted by Crippen LogP contribution is -2.35. The zero-order valence-corrected chi connectivity index (χ0v) is 11.8. The molecule has 1 heterocycles. The number of aliphatic hydroxyl groups is 1. The third-order valence-corrected chi connectivity index (χ3v) is 3.73. The van der Waals surface area contributed by atoms with E-state index in [1.807, 2.05) is 0 Å². The van der Waals surface area contributed by atoms with Crippen LogP contribution in [0.25, 0.3) is 0 Å². The highest BCUT2D eigenvalue weighted by Crippen LogP contribution is 2.19. The molecule has 0 bridgehead atoms. The molecule has 106 valence electrons. The van der Waals surface area contributed by atoms with Crippen molar-refractivity contribution in [3.8, 4) is 0 Å². The Kier molecular flexibility index (Phi) is 6.65. The maximum Gasteiger partial charge on any atom is 0.220 e. The Morgan fingerprint density at radius 1 is 1.50 bits per heavy atom. The minimum absolute atomic E-state index is 0.0171. The molecule has 1 atom stereocenters. The fraction of sp³-hybridized carbons (Fsp3) is 0.929. The number of amides is 1. The molecule has 1 aliphatic rings. The standard InChI is InChI=1S/C14H28N2O2/c1-14(2,7-9-17)11-16-13(18)6-5-12-4-3-8-15-10-12/h12,15,17H,3-11H2,1-2H3,(H,16,18). The molecule has 0 aliphatic carbocycles. The number of carbonyl (C=O) groups is 1. The van der Waals surface area contributed by atoms with Crippen LogP contribution in [0.4, 0.5) is 0 Å². The second-order valence-electron chi connectivity index (χ2n) is 6.17. The van der Waals surface area contributed by atoms with E-state index in [9.17, 15) is 4.79 Å². The molecule has 0 saturated carbocycles. The fourth-order valence-corrected chi connectivity index (χ4v) is 2.32. The lowest BCUT2D eigenvalue weighted by Gasteiger charge is -2.25. The quantitative estimate of drug-likeness (QED) is 0.643. The van der Waals surface area contributed by atoms with Crippen molar-refractivity contribution in [3.05, 3.63) is 0 Å². The summed E-state index contributed by atoms with van der Waals surface area (Å²) in [6, 6.07) is 0. The maximum absolute atomic E-state index is 11.7. The van der Waals surface area contributed by atoms with E-state index in [1.165, 1.54) is 12.8 Å². The van der Waals surface area contributed by atoms with Gasteiger partial charge in [-0.15, -0.1) is 0 Å². The van der Waals surface area contributed by atoms with E-state index >= 15 is 0 Å². The van der Waals surface area contributed by atoms with Gasteiger partial charge in [-0.25, -0.2) is 0 Å². The number of hydrogen-bond acceptors (Lipinski definition) is 3. The summed E-state index contributed by atoms with van der Waals surface area (Å²) in [4.78, 5) is 11.7. The Balaban J connectivity index is 2.13. The van der Waals surface area contributed by atoms with Crippen molar-refractivity contribution in [2.24, 2.45) is 11.3 Å². The highest BCUT2D eigenvalue weighted by atomic mass is 16.3. The summed E-state index contributed by atoms with van der Waals surface area (Å²) >= 11 is 0. The van der Waals surface area contributed by atoms with Crippen LogP contribution in [-0.4, -0.2) is 37.3 Å². The molecule has 18 heavy (non-hydrogen) atoms. The molecule has 0 aromatic carbocycles. The molecule has 4 nitrogen and oxygen atoms in total. The molecule has 1 saturated heterocycles. The van der Waals surface area contributed by atoms with Crippen LogP contribution in [0, 0.1) is 11.3 Å². The van der Waals surface area contributed by atoms with Crippen LogP contribution < -0.4 is 10.6 Å². The van der Waals surface area contributed by atoms with Crippen LogP contribution in [0.2, 0.25) is 0 Å². The number of rotatable bonds is 7. The minimum atomic E-state index is -0.0171. The highest BCUT2D eigenvalue weighted by molar-refractivity contribution is 5.75. The molecule has 1 fully saturated rings. The van der Waals surface area contributed by atoms with Gasteiger partial charge in [0.2, 0.25) is 5.91 Å². The Morgan fingerprint density at radius 3 is 2.89 bits per heavy atom. The Labute approximate surface area is 111 Å². The topological polar surface area (TPSA) is 61.4 Å². The number of hydrogen-bond donors (Lipinski definition) is 3. The number of aliphatic hydroxyl groups excluding tert-OH is 1. The zero-order valence-electron chi connectivity index (χ0n) is 11.8. The molecule has 1 aliphatic heterocycles. The van der Waals surface area contributed by atoms with E-state index in [2.05, 4.69) is 24.5 Å². The van der Waals surface area contributed by atoms with E-state index in [0.717, 1.165) is 25.9 Å². The summed E-state index contributed by atoms with van der Waals surface area (Å²) < 4.78 is 0. The summed E-state index contributed by atoms with van der Waals surface area (Å²) in [5.74, 6) is 0.807. The smallest absolute Gasteiger partial charge is 0.220 e. The van der Waals surface area contributed by atoms with Crippen molar-refractivity contribution < 1.29 is 9.90 Å². The van der Waals surface area contributed by atoms with Crippen LogP contribution >= 0.6 is 0 Å². The predicted octanol–water partition coefficient (Wildman–Crippen LogP) is 1.29. The molecule has 1 amide bonds. The molecule has 4 heteroatoms. The van der Waals surface area contributed by atoms with E-state index in [0.29, 0.717) is 18.9 Å². The summed E-state index contributed by atoms with van der Waals surface area (Å²) in [7, 11) is 0. The average Bonchev–Trinajstić information content (AvgIpc) is 2.35. The first kappa shape index (κ1) is 15.4. The van der Waals surface area contributed by atoms with E-state index in [-0.39, 0.29) is 17.9 Å². The van der Waals surface area contributed by atoms with Crippen molar-refractivity contribution >= 4 is 5.91 Å². The summed E-state index contributed by atoms with van der Waals surface area (Å²) in [6.45, 7) is 7.14. The molecule has 0 aromatic rings. The van der Waals surface area contributed by atoms with Crippen LogP contribution in [0.1, 0.15) is 46.0 Å². The van der Waals surface area contributed by atoms with Gasteiger partial charge in [-0.05, 0) is 50.1 Å². The van der Waals surface area contributed by atoms with Gasteiger partial charge in [0, 0.05) is 19.6 Å². The molecule has 0 aromatic heterocycles. The van der Waals surface area contributed by atoms with Crippen LogP contribution in [0.3, 0.4) is 0 Å². The van der Waals surface area contributed by atoms with Crippen molar-refractivity contribution in [2.75, 3.05) is 26.2 Å². The summed E-state index contributed by atoms with van der Waals surface area (Å²) in [5, 5.41) is 15.3. The van der Waals surface area contributed by atoms with Gasteiger partial charge in [-0.2, -0.15) is 0 Å². The second kappa shape index (κ2) is 7.74. The van der Waals surface area contributed by atoms with Gasteiger partial charge in [0.25, 0.3) is 0 Å². The second-order valence-corrected chi connectivity index (χ2v) is 6.17. The lowest BCUT2D eigenvalue weighted by atomic mass is 9.89. The normalized spacial score (nSPS) is 20.7. The van der Waals surface area contributed by atoms with Crippen molar-refractivity contribution in [1.82, 2.24) is 10.6 Å². The van der Waals surface area contributed by atoms with E-state index in [4.69, 9.17) is 5.11 Å². The van der Waals surface area contributed by atoms with Crippen LogP contribution in [0.15, 0.2) is 0 Å². The lowest BCUT2D eigenvalue weighted by molar-refractivity contribution is -0.121. The SMILES string of the molecule is CC(C)(CCO)CNC(=O)CCC1CCCNC1. The summed E-state index contributed by atoms with van der Waals surface area (Å²) in [6.07, 6.45) is 4.81. The predicted molar refractivity (Wildman–Crippen MR) is 73.3 cm³/mol. The first-order valence-corrected chi connectivity index (χ1v) is 7.12.